The number of nitrogens with one attached hydrogen (secondary N) is 1. The summed E-state index contributed by atoms with van der Waals surface area (Å²) in [6.07, 6.45) is 2.19. The highest BCUT2D eigenvalue weighted by Gasteiger charge is 2.29. The van der Waals surface area contributed by atoms with Gasteiger partial charge in [-0.15, -0.1) is 11.3 Å². The number of anilines is 1. The number of amides is 2. The largest absolute Gasteiger partial charge is 0.378 e. The lowest BCUT2D eigenvalue weighted by Gasteiger charge is -2.26. The van der Waals surface area contributed by atoms with E-state index in [4.69, 9.17) is 4.74 Å². The van der Waals surface area contributed by atoms with Crippen molar-refractivity contribution < 1.29 is 18.7 Å². The number of fused-ring (bicyclic) bond motifs is 1. The van der Waals surface area contributed by atoms with E-state index >= 15 is 0 Å². The van der Waals surface area contributed by atoms with Gasteiger partial charge in [0.15, 0.2) is 0 Å². The van der Waals surface area contributed by atoms with Crippen LogP contribution < -0.4 is 5.32 Å². The number of rotatable bonds is 3. The predicted octanol–water partition coefficient (Wildman–Crippen LogP) is 3.41. The summed E-state index contributed by atoms with van der Waals surface area (Å²) >= 11 is 1.55. The Balaban J connectivity index is 1.42. The van der Waals surface area contributed by atoms with E-state index in [-0.39, 0.29) is 23.5 Å². The van der Waals surface area contributed by atoms with Gasteiger partial charge in [0.25, 0.3) is 5.91 Å². The van der Waals surface area contributed by atoms with Gasteiger partial charge in [-0.3, -0.25) is 9.59 Å². The molecule has 0 spiro atoms. The van der Waals surface area contributed by atoms with Crippen molar-refractivity contribution >= 4 is 28.8 Å². The predicted molar refractivity (Wildman–Crippen MR) is 106 cm³/mol. The van der Waals surface area contributed by atoms with Crippen LogP contribution in [0.25, 0.3) is 0 Å². The van der Waals surface area contributed by atoms with E-state index in [1.54, 1.807) is 30.4 Å². The Bertz CT molecular complexity index is 905. The summed E-state index contributed by atoms with van der Waals surface area (Å²) in [6, 6.07) is 6.55. The Hall–Kier alpha value is -2.25. The summed E-state index contributed by atoms with van der Waals surface area (Å²) in [5.41, 5.74) is 2.22. The lowest BCUT2D eigenvalue weighted by Crippen LogP contribution is -2.40. The molecule has 1 aliphatic carbocycles. The number of ether oxygens (including phenoxy) is 1. The molecule has 0 bridgehead atoms. The first-order chi connectivity index (χ1) is 13.5. The smallest absolute Gasteiger partial charge is 0.264 e. The minimum atomic E-state index is -0.281. The summed E-state index contributed by atoms with van der Waals surface area (Å²) in [7, 11) is 0. The van der Waals surface area contributed by atoms with Gasteiger partial charge in [0.05, 0.1) is 18.1 Å². The average molecular weight is 402 g/mol. The molecule has 1 aromatic heterocycles. The molecule has 0 radical (unpaired) electrons. The number of benzene rings is 1. The maximum atomic E-state index is 13.4. The third-order valence-corrected chi connectivity index (χ3v) is 6.61. The second-order valence-electron chi connectivity index (χ2n) is 7.36. The number of halogens is 1. The molecule has 28 heavy (non-hydrogen) atoms. The van der Waals surface area contributed by atoms with E-state index in [1.807, 2.05) is 11.0 Å². The molecule has 1 aliphatic heterocycles. The number of thiophene rings is 1. The van der Waals surface area contributed by atoms with E-state index in [0.717, 1.165) is 23.3 Å². The molecular formula is C21H23FN2O3S. The van der Waals surface area contributed by atoms with Gasteiger partial charge in [-0.05, 0) is 61.6 Å². The first-order valence-corrected chi connectivity index (χ1v) is 10.4. The minimum absolute atomic E-state index is 0.0519. The van der Waals surface area contributed by atoms with Crippen LogP contribution in [0.2, 0.25) is 0 Å². The van der Waals surface area contributed by atoms with Crippen molar-refractivity contribution in [2.75, 3.05) is 31.6 Å². The summed E-state index contributed by atoms with van der Waals surface area (Å²) < 4.78 is 18.7. The number of aryl methyl sites for hydroxylation is 2. The molecule has 2 heterocycles. The third kappa shape index (κ3) is 3.95. The monoisotopic (exact) mass is 402 g/mol. The van der Waals surface area contributed by atoms with Gasteiger partial charge in [0.1, 0.15) is 5.82 Å². The fourth-order valence-electron chi connectivity index (χ4n) is 3.74. The molecule has 1 N–H and O–H groups in total. The van der Waals surface area contributed by atoms with E-state index < -0.39 is 0 Å². The Morgan fingerprint density at radius 2 is 2.04 bits per heavy atom. The Kier molecular flexibility index (Phi) is 5.46. The molecule has 7 heteroatoms. The Morgan fingerprint density at radius 3 is 2.79 bits per heavy atom. The normalized spacial score (nSPS) is 19.2. The van der Waals surface area contributed by atoms with Gasteiger partial charge in [0.2, 0.25) is 5.91 Å². The van der Waals surface area contributed by atoms with Crippen LogP contribution in [-0.2, 0) is 22.4 Å². The van der Waals surface area contributed by atoms with Gasteiger partial charge in [-0.2, -0.15) is 0 Å². The highest BCUT2D eigenvalue weighted by Crippen LogP contribution is 2.33. The van der Waals surface area contributed by atoms with Crippen LogP contribution in [0.15, 0.2) is 24.3 Å². The van der Waals surface area contributed by atoms with Crippen LogP contribution in [0, 0.1) is 18.7 Å². The molecule has 148 valence electrons. The SMILES string of the molecule is Cc1cc(NC(=O)C2CCc3sc(C(=O)N4CCOCC4)cc3C2)ccc1F. The zero-order valence-electron chi connectivity index (χ0n) is 15.8. The van der Waals surface area contributed by atoms with Gasteiger partial charge in [0, 0.05) is 29.6 Å². The average Bonchev–Trinajstić information content (AvgIpc) is 3.14. The summed E-state index contributed by atoms with van der Waals surface area (Å²) in [6.45, 7) is 4.10. The van der Waals surface area contributed by atoms with Crippen LogP contribution in [-0.4, -0.2) is 43.0 Å². The Morgan fingerprint density at radius 1 is 1.25 bits per heavy atom. The zero-order valence-corrected chi connectivity index (χ0v) is 16.6. The second kappa shape index (κ2) is 8.01. The first-order valence-electron chi connectivity index (χ1n) is 9.57. The molecular weight excluding hydrogens is 379 g/mol. The molecule has 1 saturated heterocycles. The van der Waals surface area contributed by atoms with Gasteiger partial charge in [-0.1, -0.05) is 0 Å². The number of carbonyl (C=O) groups excluding carboxylic acids is 2. The maximum absolute atomic E-state index is 13.4. The minimum Gasteiger partial charge on any atom is -0.378 e. The van der Waals surface area contributed by atoms with E-state index in [0.29, 0.717) is 44.0 Å². The topological polar surface area (TPSA) is 58.6 Å². The van der Waals surface area contributed by atoms with Crippen LogP contribution in [0.4, 0.5) is 10.1 Å². The molecule has 4 rings (SSSR count). The van der Waals surface area contributed by atoms with E-state index in [9.17, 15) is 14.0 Å². The number of morpholine rings is 1. The summed E-state index contributed by atoms with van der Waals surface area (Å²) in [4.78, 5) is 29.2. The molecule has 1 unspecified atom stereocenters. The van der Waals surface area contributed by atoms with Crippen LogP contribution in [0.5, 0.6) is 0 Å². The number of hydrogen-bond acceptors (Lipinski definition) is 4. The maximum Gasteiger partial charge on any atom is 0.264 e. The quantitative estimate of drug-likeness (QED) is 0.856. The molecule has 1 aromatic carbocycles. The van der Waals surface area contributed by atoms with Crippen molar-refractivity contribution in [1.82, 2.24) is 4.90 Å². The summed E-state index contributed by atoms with van der Waals surface area (Å²) in [5, 5.41) is 2.90. The fourth-order valence-corrected chi connectivity index (χ4v) is 4.92. The van der Waals surface area contributed by atoms with Crippen molar-refractivity contribution in [3.05, 3.63) is 51.0 Å². The van der Waals surface area contributed by atoms with Crippen LogP contribution in [0.1, 0.15) is 32.1 Å². The number of hydrogen-bond donors (Lipinski definition) is 1. The lowest BCUT2D eigenvalue weighted by molar-refractivity contribution is -0.120. The molecule has 2 aromatic rings. The van der Waals surface area contributed by atoms with Crippen molar-refractivity contribution in [2.24, 2.45) is 5.92 Å². The highest BCUT2D eigenvalue weighted by atomic mass is 32.1. The van der Waals surface area contributed by atoms with Crippen LogP contribution >= 0.6 is 11.3 Å². The summed E-state index contributed by atoms with van der Waals surface area (Å²) in [5.74, 6) is -0.413. The van der Waals surface area contributed by atoms with Gasteiger partial charge in [-0.25, -0.2) is 4.39 Å². The second-order valence-corrected chi connectivity index (χ2v) is 8.49. The van der Waals surface area contributed by atoms with Crippen LogP contribution in [0.3, 0.4) is 0 Å². The lowest BCUT2D eigenvalue weighted by atomic mass is 9.87. The third-order valence-electron chi connectivity index (χ3n) is 5.39. The highest BCUT2D eigenvalue weighted by molar-refractivity contribution is 7.14. The zero-order chi connectivity index (χ0) is 19.7. The molecule has 1 atom stereocenters. The van der Waals surface area contributed by atoms with Gasteiger partial charge >= 0.3 is 0 Å². The molecule has 2 amide bonds. The Labute approximate surface area is 167 Å². The standard InChI is InChI=1S/C21H23FN2O3S/c1-13-10-16(3-4-17(13)22)23-20(25)14-2-5-18-15(11-14)12-19(28-18)21(26)24-6-8-27-9-7-24/h3-4,10,12,14H,2,5-9,11H2,1H3,(H,23,25). The molecule has 1 fully saturated rings. The van der Waals surface area contributed by atoms with Crippen molar-refractivity contribution in [3.63, 3.8) is 0 Å². The molecule has 2 aliphatic rings. The van der Waals surface area contributed by atoms with Crippen molar-refractivity contribution in [2.45, 2.75) is 26.2 Å². The van der Waals surface area contributed by atoms with E-state index in [1.165, 1.54) is 10.9 Å². The molecule has 5 nitrogen and oxygen atoms in total. The van der Waals surface area contributed by atoms with Crippen molar-refractivity contribution in [1.29, 1.82) is 0 Å². The van der Waals surface area contributed by atoms with Crippen molar-refractivity contribution in [3.8, 4) is 0 Å². The van der Waals surface area contributed by atoms with Gasteiger partial charge < -0.3 is 15.0 Å². The first kappa shape index (κ1) is 19.1. The number of nitrogens with zero attached hydrogens (tertiary/aromatic N) is 1. The number of carbonyl (C=O) groups is 2. The van der Waals surface area contributed by atoms with E-state index in [2.05, 4.69) is 5.32 Å². The fraction of sp³-hybridized carbons (Fsp3) is 0.429. The molecule has 0 saturated carbocycles.